The van der Waals surface area contributed by atoms with Crippen LogP contribution in [0.4, 0.5) is 15.1 Å². The third kappa shape index (κ3) is 4.12. The van der Waals surface area contributed by atoms with E-state index in [1.165, 1.54) is 6.07 Å². The lowest BCUT2D eigenvalue weighted by molar-refractivity contribution is 0.202. The lowest BCUT2D eigenvalue weighted by Gasteiger charge is -2.12. The lowest BCUT2D eigenvalue weighted by Crippen LogP contribution is -2.29. The maximum Gasteiger partial charge on any atom is 0.414 e. The fourth-order valence-electron chi connectivity index (χ4n) is 4.24. The molecule has 0 bridgehead atoms. The number of hydrogen-bond acceptors (Lipinski definition) is 4. The molecule has 1 amide bonds. The van der Waals surface area contributed by atoms with Crippen LogP contribution in [-0.4, -0.2) is 37.9 Å². The molecule has 0 spiro atoms. The van der Waals surface area contributed by atoms with E-state index in [0.717, 1.165) is 21.4 Å². The Morgan fingerprint density at radius 3 is 2.69 bits per heavy atom. The van der Waals surface area contributed by atoms with E-state index in [0.29, 0.717) is 39.7 Å². The van der Waals surface area contributed by atoms with Crippen LogP contribution < -0.4 is 10.5 Å². The van der Waals surface area contributed by atoms with E-state index in [2.05, 4.69) is 20.2 Å². The van der Waals surface area contributed by atoms with Crippen LogP contribution in [0.3, 0.4) is 0 Å². The quantitative estimate of drug-likeness (QED) is 0.333. The highest BCUT2D eigenvalue weighted by Crippen LogP contribution is 2.29. The van der Waals surface area contributed by atoms with Crippen molar-refractivity contribution in [3.8, 4) is 11.1 Å². The molecule has 3 aromatic carbocycles. The van der Waals surface area contributed by atoms with E-state index in [4.69, 9.17) is 0 Å². The SMILES string of the molecule is CCN(C(=O)O)c1nc2ccc(-c3cc(Cc4n[nH]c(=O)c5cc(C)ccc45)ccc3F)cc2[nH]1. The van der Waals surface area contributed by atoms with Crippen molar-refractivity contribution in [3.63, 3.8) is 0 Å². The fourth-order valence-corrected chi connectivity index (χ4v) is 4.24. The molecule has 0 aliphatic heterocycles. The van der Waals surface area contributed by atoms with E-state index in [9.17, 15) is 19.1 Å². The summed E-state index contributed by atoms with van der Waals surface area (Å²) in [6.45, 7) is 3.88. The minimum absolute atomic E-state index is 0.215. The number of fused-ring (bicyclic) bond motifs is 2. The largest absolute Gasteiger partial charge is 0.465 e. The van der Waals surface area contributed by atoms with Gasteiger partial charge in [-0.2, -0.15) is 5.10 Å². The summed E-state index contributed by atoms with van der Waals surface area (Å²) in [5.41, 5.74) is 4.47. The van der Waals surface area contributed by atoms with Gasteiger partial charge in [-0.05, 0) is 55.3 Å². The zero-order valence-corrected chi connectivity index (χ0v) is 19.1. The van der Waals surface area contributed by atoms with Crippen molar-refractivity contribution in [3.05, 3.63) is 87.6 Å². The third-order valence-electron chi connectivity index (χ3n) is 6.01. The molecule has 0 atom stereocenters. The van der Waals surface area contributed by atoms with E-state index >= 15 is 0 Å². The lowest BCUT2D eigenvalue weighted by atomic mass is 9.98. The van der Waals surface area contributed by atoms with Gasteiger partial charge in [-0.25, -0.2) is 24.2 Å². The van der Waals surface area contributed by atoms with Gasteiger partial charge in [-0.1, -0.05) is 29.8 Å². The number of nitrogens with zero attached hydrogens (tertiary/aromatic N) is 3. The maximum atomic E-state index is 14.9. The molecule has 0 aliphatic rings. The Bertz CT molecular complexity index is 1660. The molecule has 0 saturated carbocycles. The van der Waals surface area contributed by atoms with Gasteiger partial charge < -0.3 is 10.1 Å². The normalized spacial score (nSPS) is 11.3. The molecule has 2 aromatic heterocycles. The Hall–Kier alpha value is -4.53. The van der Waals surface area contributed by atoms with Crippen LogP contribution in [0.25, 0.3) is 32.9 Å². The number of hydrogen-bond donors (Lipinski definition) is 3. The molecule has 0 unspecified atom stereocenters. The second kappa shape index (κ2) is 8.68. The zero-order valence-electron chi connectivity index (χ0n) is 19.1. The van der Waals surface area contributed by atoms with Gasteiger partial charge in [-0.3, -0.25) is 4.79 Å². The molecule has 0 fully saturated rings. The van der Waals surface area contributed by atoms with Crippen molar-refractivity contribution in [2.75, 3.05) is 11.4 Å². The van der Waals surface area contributed by atoms with Gasteiger partial charge in [0.25, 0.3) is 5.56 Å². The smallest absolute Gasteiger partial charge is 0.414 e. The molecule has 8 nitrogen and oxygen atoms in total. The van der Waals surface area contributed by atoms with Gasteiger partial charge in [0.2, 0.25) is 5.95 Å². The minimum Gasteiger partial charge on any atom is -0.465 e. The molecular formula is C26H22FN5O3. The summed E-state index contributed by atoms with van der Waals surface area (Å²) in [7, 11) is 0. The second-order valence-corrected chi connectivity index (χ2v) is 8.36. The van der Waals surface area contributed by atoms with Gasteiger partial charge in [0.05, 0.1) is 22.1 Å². The number of halogens is 1. The van der Waals surface area contributed by atoms with Crippen molar-refractivity contribution in [2.45, 2.75) is 20.3 Å². The summed E-state index contributed by atoms with van der Waals surface area (Å²) in [5.74, 6) is -0.170. The molecule has 0 radical (unpaired) electrons. The van der Waals surface area contributed by atoms with Crippen LogP contribution in [0.2, 0.25) is 0 Å². The van der Waals surface area contributed by atoms with Crippen molar-refractivity contribution in [2.24, 2.45) is 0 Å². The Kier molecular flexibility index (Phi) is 5.52. The van der Waals surface area contributed by atoms with E-state index in [1.807, 2.05) is 25.1 Å². The van der Waals surface area contributed by atoms with Crippen LogP contribution in [-0.2, 0) is 6.42 Å². The first-order chi connectivity index (χ1) is 16.8. The zero-order chi connectivity index (χ0) is 24.7. The molecule has 9 heteroatoms. The molecule has 5 rings (SSSR count). The first-order valence-electron chi connectivity index (χ1n) is 11.1. The minimum atomic E-state index is -1.11. The summed E-state index contributed by atoms with van der Waals surface area (Å²) in [4.78, 5) is 32.1. The van der Waals surface area contributed by atoms with Crippen molar-refractivity contribution < 1.29 is 14.3 Å². The number of aromatic amines is 2. The number of rotatable bonds is 5. The van der Waals surface area contributed by atoms with Crippen LogP contribution in [0.5, 0.6) is 0 Å². The number of imidazole rings is 1. The predicted octanol–water partition coefficient (Wildman–Crippen LogP) is 5.01. The summed E-state index contributed by atoms with van der Waals surface area (Å²) in [6.07, 6.45) is -0.700. The molecular weight excluding hydrogens is 449 g/mol. The highest BCUT2D eigenvalue weighted by molar-refractivity contribution is 5.89. The monoisotopic (exact) mass is 471 g/mol. The second-order valence-electron chi connectivity index (χ2n) is 8.36. The van der Waals surface area contributed by atoms with Crippen LogP contribution in [0.1, 0.15) is 23.7 Å². The van der Waals surface area contributed by atoms with Crippen LogP contribution in [0.15, 0.2) is 59.4 Å². The maximum absolute atomic E-state index is 14.9. The number of amides is 1. The number of carbonyl (C=O) groups is 1. The Morgan fingerprint density at radius 1 is 1.09 bits per heavy atom. The van der Waals surface area contributed by atoms with E-state index < -0.39 is 6.09 Å². The number of nitrogens with one attached hydrogen (secondary N) is 2. The summed E-state index contributed by atoms with van der Waals surface area (Å²) in [6, 6.07) is 15.7. The highest BCUT2D eigenvalue weighted by atomic mass is 19.1. The number of aryl methyl sites for hydroxylation is 1. The van der Waals surface area contributed by atoms with E-state index in [-0.39, 0.29) is 23.9 Å². The number of carboxylic acid groups (broad SMARTS) is 1. The van der Waals surface area contributed by atoms with Crippen LogP contribution >= 0.6 is 0 Å². The summed E-state index contributed by atoms with van der Waals surface area (Å²) in [5, 5.41) is 17.5. The number of anilines is 1. The molecule has 2 heterocycles. The number of H-pyrrole nitrogens is 2. The average Bonchev–Trinajstić information content (AvgIpc) is 3.25. The van der Waals surface area contributed by atoms with Crippen molar-refractivity contribution >= 4 is 33.8 Å². The Morgan fingerprint density at radius 2 is 1.91 bits per heavy atom. The topological polar surface area (TPSA) is 115 Å². The number of benzene rings is 3. The average molecular weight is 471 g/mol. The Balaban J connectivity index is 1.53. The predicted molar refractivity (Wildman–Crippen MR) is 132 cm³/mol. The van der Waals surface area contributed by atoms with Gasteiger partial charge in [-0.15, -0.1) is 0 Å². The first kappa shape index (κ1) is 22.3. The molecule has 0 saturated heterocycles. The van der Waals surface area contributed by atoms with Gasteiger partial charge >= 0.3 is 6.09 Å². The molecule has 3 N–H and O–H groups in total. The molecule has 0 aliphatic carbocycles. The van der Waals surface area contributed by atoms with Gasteiger partial charge in [0, 0.05) is 23.9 Å². The summed E-state index contributed by atoms with van der Waals surface area (Å²) < 4.78 is 14.9. The van der Waals surface area contributed by atoms with Crippen molar-refractivity contribution in [1.29, 1.82) is 0 Å². The Labute approximate surface area is 199 Å². The molecule has 176 valence electrons. The van der Waals surface area contributed by atoms with Crippen LogP contribution in [0, 0.1) is 12.7 Å². The third-order valence-corrected chi connectivity index (χ3v) is 6.01. The van der Waals surface area contributed by atoms with Gasteiger partial charge in [0.15, 0.2) is 0 Å². The van der Waals surface area contributed by atoms with Crippen molar-refractivity contribution in [1.82, 2.24) is 20.2 Å². The summed E-state index contributed by atoms with van der Waals surface area (Å²) >= 11 is 0. The first-order valence-corrected chi connectivity index (χ1v) is 11.1. The standard InChI is InChI=1S/C26H22FN5O3/c1-3-32(26(34)35)25-28-21-9-6-16(13-23(21)29-25)18-11-15(5-8-20(18)27)12-22-17-7-4-14(2)10-19(17)24(33)31-30-22/h4-11,13H,3,12H2,1-2H3,(H,28,29)(H,31,33)(H,34,35). The highest BCUT2D eigenvalue weighted by Gasteiger charge is 2.17. The molecule has 5 aromatic rings. The fraction of sp³-hybridized carbons (Fsp3) is 0.154. The number of aromatic nitrogens is 4. The molecule has 35 heavy (non-hydrogen) atoms. The van der Waals surface area contributed by atoms with E-state index in [1.54, 1.807) is 37.3 Å². The van der Waals surface area contributed by atoms with Gasteiger partial charge in [0.1, 0.15) is 5.82 Å².